The highest BCUT2D eigenvalue weighted by Gasteiger charge is 2.20. The number of hydrogen-bond donors (Lipinski definition) is 0. The minimum absolute atomic E-state index is 0.802. The second kappa shape index (κ2) is 4.95. The summed E-state index contributed by atoms with van der Waals surface area (Å²) in [6, 6.07) is 0. The number of aromatic nitrogens is 1. The average molecular weight is 238 g/mol. The maximum absolute atomic E-state index is 10.9. The van der Waals surface area contributed by atoms with Crippen molar-refractivity contribution in [2.75, 3.05) is 18.0 Å². The molecule has 2 heterocycles. The van der Waals surface area contributed by atoms with Gasteiger partial charge in [0.25, 0.3) is 0 Å². The SMILES string of the molecule is CCc1nc(N2CCC(C)CC2)sc1C=O. The van der Waals surface area contributed by atoms with Gasteiger partial charge in [0.05, 0.1) is 10.6 Å². The van der Waals surface area contributed by atoms with E-state index in [9.17, 15) is 4.79 Å². The van der Waals surface area contributed by atoms with Crippen molar-refractivity contribution in [2.24, 2.45) is 5.92 Å². The van der Waals surface area contributed by atoms with E-state index in [2.05, 4.69) is 16.8 Å². The highest BCUT2D eigenvalue weighted by atomic mass is 32.1. The molecule has 0 N–H and O–H groups in total. The number of hydrogen-bond acceptors (Lipinski definition) is 4. The third kappa shape index (κ3) is 2.26. The van der Waals surface area contributed by atoms with Gasteiger partial charge >= 0.3 is 0 Å². The summed E-state index contributed by atoms with van der Waals surface area (Å²) in [6.07, 6.45) is 4.25. The molecule has 0 bridgehead atoms. The van der Waals surface area contributed by atoms with Gasteiger partial charge in [-0.15, -0.1) is 0 Å². The van der Waals surface area contributed by atoms with Crippen LogP contribution in [0.5, 0.6) is 0 Å². The van der Waals surface area contributed by atoms with Gasteiger partial charge in [-0.05, 0) is 25.2 Å². The number of piperidine rings is 1. The van der Waals surface area contributed by atoms with Crippen molar-refractivity contribution in [2.45, 2.75) is 33.1 Å². The number of nitrogens with zero attached hydrogens (tertiary/aromatic N) is 2. The molecule has 1 aromatic rings. The first-order valence-corrected chi connectivity index (χ1v) is 6.76. The molecular formula is C12H18N2OS. The molecule has 2 rings (SSSR count). The van der Waals surface area contributed by atoms with Crippen LogP contribution in [0.3, 0.4) is 0 Å². The molecule has 0 atom stereocenters. The zero-order chi connectivity index (χ0) is 11.5. The fourth-order valence-corrected chi connectivity index (χ4v) is 3.05. The zero-order valence-electron chi connectivity index (χ0n) is 9.90. The van der Waals surface area contributed by atoms with Crippen LogP contribution in [-0.2, 0) is 6.42 Å². The Bertz CT molecular complexity index is 367. The average Bonchev–Trinajstić information content (AvgIpc) is 2.73. The molecule has 0 amide bonds. The molecule has 0 spiro atoms. The highest BCUT2D eigenvalue weighted by Crippen LogP contribution is 2.29. The Balaban J connectivity index is 2.14. The molecule has 0 unspecified atom stereocenters. The number of anilines is 1. The fraction of sp³-hybridized carbons (Fsp3) is 0.667. The standard InChI is InChI=1S/C12H18N2OS/c1-3-10-11(8-15)16-12(13-10)14-6-4-9(2)5-7-14/h8-9H,3-7H2,1-2H3. The van der Waals surface area contributed by atoms with Gasteiger partial charge in [0, 0.05) is 13.1 Å². The van der Waals surface area contributed by atoms with Crippen LogP contribution in [-0.4, -0.2) is 24.4 Å². The lowest BCUT2D eigenvalue weighted by Crippen LogP contribution is -2.32. The van der Waals surface area contributed by atoms with Gasteiger partial charge in [-0.1, -0.05) is 25.2 Å². The van der Waals surface area contributed by atoms with Gasteiger partial charge in [0.1, 0.15) is 0 Å². The predicted octanol–water partition coefficient (Wildman–Crippen LogP) is 2.75. The quantitative estimate of drug-likeness (QED) is 0.759. The molecule has 88 valence electrons. The van der Waals surface area contributed by atoms with Crippen LogP contribution in [0, 0.1) is 5.92 Å². The molecule has 4 heteroatoms. The molecule has 1 aromatic heterocycles. The van der Waals surface area contributed by atoms with Crippen LogP contribution in [0.2, 0.25) is 0 Å². The van der Waals surface area contributed by atoms with Crippen LogP contribution in [0.25, 0.3) is 0 Å². The number of aldehydes is 1. The Morgan fingerprint density at radius 2 is 2.19 bits per heavy atom. The monoisotopic (exact) mass is 238 g/mol. The summed E-state index contributed by atoms with van der Waals surface area (Å²) < 4.78 is 0. The second-order valence-corrected chi connectivity index (χ2v) is 5.46. The van der Waals surface area contributed by atoms with Gasteiger partial charge in [-0.3, -0.25) is 4.79 Å². The first-order chi connectivity index (χ1) is 7.74. The van der Waals surface area contributed by atoms with Gasteiger partial charge in [0.2, 0.25) is 0 Å². The summed E-state index contributed by atoms with van der Waals surface area (Å²) in [7, 11) is 0. The van der Waals surface area contributed by atoms with Crippen molar-refractivity contribution in [3.05, 3.63) is 10.6 Å². The lowest BCUT2D eigenvalue weighted by molar-refractivity contribution is 0.112. The van der Waals surface area contributed by atoms with Crippen LogP contribution < -0.4 is 4.90 Å². The molecule has 1 saturated heterocycles. The second-order valence-electron chi connectivity index (χ2n) is 4.45. The highest BCUT2D eigenvalue weighted by molar-refractivity contribution is 7.17. The Hall–Kier alpha value is -0.900. The third-order valence-corrected chi connectivity index (χ3v) is 4.30. The van der Waals surface area contributed by atoms with Crippen molar-refractivity contribution < 1.29 is 4.79 Å². The Kier molecular flexibility index (Phi) is 3.59. The number of carbonyl (C=O) groups excluding carboxylic acids is 1. The van der Waals surface area contributed by atoms with E-state index < -0.39 is 0 Å². The molecular weight excluding hydrogens is 220 g/mol. The van der Waals surface area contributed by atoms with E-state index in [1.54, 1.807) is 0 Å². The summed E-state index contributed by atoms with van der Waals surface area (Å²) in [5.41, 5.74) is 0.952. The van der Waals surface area contributed by atoms with E-state index in [4.69, 9.17) is 0 Å². The molecule has 0 aromatic carbocycles. The number of carbonyl (C=O) groups is 1. The molecule has 1 aliphatic heterocycles. The van der Waals surface area contributed by atoms with E-state index in [1.807, 2.05) is 6.92 Å². The van der Waals surface area contributed by atoms with Crippen LogP contribution in [0.1, 0.15) is 42.1 Å². The molecule has 0 aliphatic carbocycles. The summed E-state index contributed by atoms with van der Waals surface area (Å²) in [4.78, 5) is 18.6. The van der Waals surface area contributed by atoms with Crippen molar-refractivity contribution in [3.8, 4) is 0 Å². The van der Waals surface area contributed by atoms with Crippen molar-refractivity contribution in [3.63, 3.8) is 0 Å². The Morgan fingerprint density at radius 3 is 2.69 bits per heavy atom. The number of aryl methyl sites for hydroxylation is 1. The summed E-state index contributed by atoms with van der Waals surface area (Å²) in [5, 5.41) is 1.03. The predicted molar refractivity (Wildman–Crippen MR) is 67.5 cm³/mol. The molecule has 0 saturated carbocycles. The van der Waals surface area contributed by atoms with Crippen molar-refractivity contribution >= 4 is 22.8 Å². The maximum Gasteiger partial charge on any atom is 0.186 e. The number of thiazole rings is 1. The summed E-state index contributed by atoms with van der Waals surface area (Å²) in [5.74, 6) is 0.826. The molecule has 1 aliphatic rings. The van der Waals surface area contributed by atoms with E-state index in [0.29, 0.717) is 0 Å². The van der Waals surface area contributed by atoms with Gasteiger partial charge in [-0.25, -0.2) is 4.98 Å². The zero-order valence-corrected chi connectivity index (χ0v) is 10.7. The first kappa shape index (κ1) is 11.6. The summed E-state index contributed by atoms with van der Waals surface area (Å²) in [6.45, 7) is 6.50. The van der Waals surface area contributed by atoms with Gasteiger partial charge < -0.3 is 4.90 Å². The van der Waals surface area contributed by atoms with Gasteiger partial charge in [0.15, 0.2) is 11.4 Å². The van der Waals surface area contributed by atoms with Crippen LogP contribution >= 0.6 is 11.3 Å². The van der Waals surface area contributed by atoms with E-state index in [1.165, 1.54) is 24.2 Å². The first-order valence-electron chi connectivity index (χ1n) is 5.94. The van der Waals surface area contributed by atoms with Crippen LogP contribution in [0.15, 0.2) is 0 Å². The van der Waals surface area contributed by atoms with E-state index in [-0.39, 0.29) is 0 Å². The molecule has 16 heavy (non-hydrogen) atoms. The maximum atomic E-state index is 10.9. The van der Waals surface area contributed by atoms with Crippen molar-refractivity contribution in [1.82, 2.24) is 4.98 Å². The fourth-order valence-electron chi connectivity index (χ4n) is 2.03. The lowest BCUT2D eigenvalue weighted by Gasteiger charge is -2.29. The third-order valence-electron chi connectivity index (χ3n) is 3.21. The molecule has 0 radical (unpaired) electrons. The van der Waals surface area contributed by atoms with Crippen LogP contribution in [0.4, 0.5) is 5.13 Å². The smallest absolute Gasteiger partial charge is 0.186 e. The Morgan fingerprint density at radius 1 is 1.50 bits per heavy atom. The minimum atomic E-state index is 0.802. The summed E-state index contributed by atoms with van der Waals surface area (Å²) >= 11 is 1.54. The largest absolute Gasteiger partial charge is 0.348 e. The Labute approximate surface area is 100 Å². The van der Waals surface area contributed by atoms with E-state index >= 15 is 0 Å². The normalized spacial score (nSPS) is 17.8. The minimum Gasteiger partial charge on any atom is -0.348 e. The van der Waals surface area contributed by atoms with Crippen molar-refractivity contribution in [1.29, 1.82) is 0 Å². The topological polar surface area (TPSA) is 33.2 Å². The van der Waals surface area contributed by atoms with E-state index in [0.717, 1.165) is 47.4 Å². The molecule has 3 nitrogen and oxygen atoms in total. The lowest BCUT2D eigenvalue weighted by atomic mass is 10.00. The van der Waals surface area contributed by atoms with Gasteiger partial charge in [-0.2, -0.15) is 0 Å². The number of rotatable bonds is 3. The molecule has 1 fully saturated rings.